The summed E-state index contributed by atoms with van der Waals surface area (Å²) in [5.41, 5.74) is 2.86. The average Bonchev–Trinajstić information content (AvgIpc) is 3.18. The Balaban J connectivity index is 1.36. The van der Waals surface area contributed by atoms with Gasteiger partial charge in [-0.15, -0.1) is 0 Å². The average molecular weight is 731 g/mol. The second kappa shape index (κ2) is 18.0. The summed E-state index contributed by atoms with van der Waals surface area (Å²) in [5, 5.41) is 5.69. The number of aromatic nitrogens is 1. The van der Waals surface area contributed by atoms with Crippen molar-refractivity contribution in [3.05, 3.63) is 113 Å². The molecule has 1 fully saturated rings. The van der Waals surface area contributed by atoms with Crippen molar-refractivity contribution < 1.29 is 32.3 Å². The summed E-state index contributed by atoms with van der Waals surface area (Å²) in [7, 11) is 5.33. The van der Waals surface area contributed by atoms with Gasteiger partial charge in [0.05, 0.1) is 23.6 Å². The lowest BCUT2D eigenvalue weighted by Crippen LogP contribution is -2.36. The van der Waals surface area contributed by atoms with E-state index >= 15 is 0 Å². The lowest BCUT2D eigenvalue weighted by atomic mass is 10.0. The van der Waals surface area contributed by atoms with Crippen molar-refractivity contribution >= 4 is 29.1 Å². The summed E-state index contributed by atoms with van der Waals surface area (Å²) in [5.74, 6) is -1.13. The zero-order valence-corrected chi connectivity index (χ0v) is 30.2. The van der Waals surface area contributed by atoms with E-state index in [9.17, 15) is 27.6 Å². The molecule has 0 bridgehead atoms. The number of pyridine rings is 1. The zero-order chi connectivity index (χ0) is 38.0. The van der Waals surface area contributed by atoms with Crippen LogP contribution in [0.4, 0.5) is 24.5 Å². The van der Waals surface area contributed by atoms with E-state index in [1.807, 2.05) is 25.2 Å². The predicted octanol–water partition coefficient (Wildman–Crippen LogP) is 6.59. The first-order valence-electron chi connectivity index (χ1n) is 17.6. The summed E-state index contributed by atoms with van der Waals surface area (Å²) in [6.45, 7) is 4.16. The number of anilines is 2. The second-order valence-electron chi connectivity index (χ2n) is 13.1. The molecule has 3 amide bonds. The van der Waals surface area contributed by atoms with Crippen LogP contribution in [0.25, 0.3) is 11.3 Å². The van der Waals surface area contributed by atoms with E-state index < -0.39 is 23.6 Å². The Bertz CT molecular complexity index is 1900. The van der Waals surface area contributed by atoms with E-state index in [2.05, 4.69) is 25.4 Å². The molecular formula is C40H45F3N6O4. The highest BCUT2D eigenvalue weighted by atomic mass is 19.4. The number of ether oxygens (including phenoxy) is 1. The first kappa shape index (κ1) is 38.9. The molecule has 3 aromatic carbocycles. The Labute approximate surface area is 307 Å². The molecule has 5 rings (SSSR count). The summed E-state index contributed by atoms with van der Waals surface area (Å²) >= 11 is 0. The number of hydrogen-bond acceptors (Lipinski definition) is 7. The van der Waals surface area contributed by atoms with Gasteiger partial charge in [-0.1, -0.05) is 18.2 Å². The van der Waals surface area contributed by atoms with Crippen molar-refractivity contribution in [3.63, 3.8) is 0 Å². The molecule has 0 unspecified atom stereocenters. The van der Waals surface area contributed by atoms with E-state index in [4.69, 9.17) is 4.74 Å². The number of nitrogens with one attached hydrogen (secondary N) is 2. The number of piperidine rings is 1. The smallest absolute Gasteiger partial charge is 0.383 e. The number of benzene rings is 3. The molecule has 0 aliphatic carbocycles. The third kappa shape index (κ3) is 10.6. The molecule has 0 saturated carbocycles. The van der Waals surface area contributed by atoms with Crippen molar-refractivity contribution in [1.29, 1.82) is 0 Å². The summed E-state index contributed by atoms with van der Waals surface area (Å²) in [4.78, 5) is 50.7. The van der Waals surface area contributed by atoms with Gasteiger partial charge in [0.2, 0.25) is 0 Å². The van der Waals surface area contributed by atoms with Crippen LogP contribution < -0.4 is 15.5 Å². The Morgan fingerprint density at radius 1 is 0.830 bits per heavy atom. The van der Waals surface area contributed by atoms with Crippen LogP contribution in [0.5, 0.6) is 0 Å². The highest BCUT2D eigenvalue weighted by molar-refractivity contribution is 6.08. The molecule has 280 valence electrons. The third-order valence-electron chi connectivity index (χ3n) is 9.19. The summed E-state index contributed by atoms with van der Waals surface area (Å²) in [6, 6.07) is 20.2. The summed E-state index contributed by atoms with van der Waals surface area (Å²) < 4.78 is 44.7. The molecule has 0 radical (unpaired) electrons. The molecule has 4 aromatic rings. The molecule has 1 aliphatic heterocycles. The van der Waals surface area contributed by atoms with Crippen molar-refractivity contribution in [2.45, 2.75) is 32.0 Å². The number of methoxy groups -OCH3 is 1. The molecule has 1 aromatic heterocycles. The van der Waals surface area contributed by atoms with Crippen molar-refractivity contribution in [2.24, 2.45) is 0 Å². The number of alkyl halides is 3. The maximum absolute atomic E-state index is 13.7. The van der Waals surface area contributed by atoms with Crippen molar-refractivity contribution in [2.75, 3.05) is 70.8 Å². The number of likely N-dealkylation sites (N-methyl/N-ethyl adjacent to an activating group) is 2. The normalized spacial score (nSPS) is 13.2. The topological polar surface area (TPSA) is 107 Å². The first-order valence-corrected chi connectivity index (χ1v) is 17.6. The molecule has 0 spiro atoms. The number of halogens is 3. The number of rotatable bonds is 14. The minimum Gasteiger partial charge on any atom is -0.383 e. The van der Waals surface area contributed by atoms with Crippen LogP contribution in [-0.2, 0) is 17.5 Å². The van der Waals surface area contributed by atoms with Gasteiger partial charge in [0, 0.05) is 87.6 Å². The van der Waals surface area contributed by atoms with Gasteiger partial charge in [-0.3, -0.25) is 19.4 Å². The summed E-state index contributed by atoms with van der Waals surface area (Å²) in [6.07, 6.45) is 0.257. The van der Waals surface area contributed by atoms with Crippen LogP contribution >= 0.6 is 0 Å². The lowest BCUT2D eigenvalue weighted by molar-refractivity contribution is -0.137. The van der Waals surface area contributed by atoms with Gasteiger partial charge in [-0.25, -0.2) is 0 Å². The maximum Gasteiger partial charge on any atom is 0.416 e. The Morgan fingerprint density at radius 3 is 2.32 bits per heavy atom. The minimum atomic E-state index is -4.49. The van der Waals surface area contributed by atoms with Gasteiger partial charge in [0.15, 0.2) is 0 Å². The van der Waals surface area contributed by atoms with Crippen LogP contribution in [-0.4, -0.2) is 93.0 Å². The van der Waals surface area contributed by atoms with Crippen LogP contribution in [0.1, 0.15) is 61.5 Å². The van der Waals surface area contributed by atoms with Gasteiger partial charge >= 0.3 is 6.18 Å². The molecular weight excluding hydrogens is 685 g/mol. The number of carbonyl (C=O) groups is 3. The zero-order valence-electron chi connectivity index (χ0n) is 30.2. The van der Waals surface area contributed by atoms with Crippen molar-refractivity contribution in [3.8, 4) is 11.3 Å². The minimum absolute atomic E-state index is 0.102. The first-order chi connectivity index (χ1) is 25.4. The molecule has 0 atom stereocenters. The Morgan fingerprint density at radius 2 is 1.57 bits per heavy atom. The van der Waals surface area contributed by atoms with Crippen LogP contribution in [0.2, 0.25) is 0 Å². The number of carbonyl (C=O) groups excluding carboxylic acids is 3. The maximum atomic E-state index is 13.7. The number of nitrogens with zero attached hydrogens (tertiary/aromatic N) is 4. The number of amides is 3. The van der Waals surface area contributed by atoms with Gasteiger partial charge in [0.1, 0.15) is 0 Å². The fourth-order valence-corrected chi connectivity index (χ4v) is 6.05. The second-order valence-corrected chi connectivity index (χ2v) is 13.1. The molecule has 53 heavy (non-hydrogen) atoms. The monoisotopic (exact) mass is 730 g/mol. The third-order valence-corrected chi connectivity index (χ3v) is 9.19. The van der Waals surface area contributed by atoms with E-state index in [-0.39, 0.29) is 18.0 Å². The Hall–Kier alpha value is -5.27. The fraction of sp³-hybridized carbons (Fsp3) is 0.350. The van der Waals surface area contributed by atoms with Crippen LogP contribution in [0.3, 0.4) is 0 Å². The molecule has 1 saturated heterocycles. The highest BCUT2D eigenvalue weighted by Gasteiger charge is 2.30. The Kier molecular flexibility index (Phi) is 13.2. The molecule has 2 heterocycles. The van der Waals surface area contributed by atoms with E-state index in [0.29, 0.717) is 53.3 Å². The van der Waals surface area contributed by atoms with E-state index in [0.717, 1.165) is 56.7 Å². The standard InChI is InChI=1S/C40H45F3N6O4/c1-47(21-22-53-3)19-20-48(2)39(52)31-11-8-10-29(24-31)38(51)46-35-14-13-33(49-17-5-4-6-18-49)26-34(35)36-25-30(15-16-44-36)37(50)45-27-28-9-7-12-32(23-28)40(41,42)43/h7-16,23-26H,4-6,17-22,27H2,1-3H3,(H,45,50)(H,46,51). The predicted molar refractivity (Wildman–Crippen MR) is 199 cm³/mol. The van der Waals surface area contributed by atoms with Crippen LogP contribution in [0, 0.1) is 0 Å². The molecule has 10 nitrogen and oxygen atoms in total. The highest BCUT2D eigenvalue weighted by Crippen LogP contribution is 2.33. The molecule has 13 heteroatoms. The lowest BCUT2D eigenvalue weighted by Gasteiger charge is -2.29. The molecule has 2 N–H and O–H groups in total. The number of hydrogen-bond donors (Lipinski definition) is 2. The van der Waals surface area contributed by atoms with E-state index in [1.165, 1.54) is 24.4 Å². The van der Waals surface area contributed by atoms with Gasteiger partial charge in [-0.05, 0) is 92.5 Å². The van der Waals surface area contributed by atoms with Crippen LogP contribution in [0.15, 0.2) is 85.1 Å². The van der Waals surface area contributed by atoms with Gasteiger partial charge in [-0.2, -0.15) is 13.2 Å². The van der Waals surface area contributed by atoms with Crippen molar-refractivity contribution in [1.82, 2.24) is 20.1 Å². The van der Waals surface area contributed by atoms with E-state index in [1.54, 1.807) is 49.4 Å². The quantitative estimate of drug-likeness (QED) is 0.151. The largest absolute Gasteiger partial charge is 0.416 e. The SMILES string of the molecule is COCCN(C)CCN(C)C(=O)c1cccc(C(=O)Nc2ccc(N3CCCCC3)cc2-c2cc(C(=O)NCc3cccc(C(F)(F)F)c3)ccn2)c1. The molecule has 1 aliphatic rings. The van der Waals surface area contributed by atoms with Gasteiger partial charge in [0.25, 0.3) is 17.7 Å². The van der Waals surface area contributed by atoms with Gasteiger partial charge < -0.3 is 30.1 Å². The fourth-order valence-electron chi connectivity index (χ4n) is 6.05.